The van der Waals surface area contributed by atoms with Crippen molar-refractivity contribution >= 4 is 0 Å². The van der Waals surface area contributed by atoms with E-state index in [2.05, 4.69) is 25.3 Å². The van der Waals surface area contributed by atoms with E-state index in [1.807, 2.05) is 0 Å². The summed E-state index contributed by atoms with van der Waals surface area (Å²) in [5.74, 6) is 0.917. The third-order valence-electron chi connectivity index (χ3n) is 2.36. The van der Waals surface area contributed by atoms with Gasteiger partial charge < -0.3 is 4.90 Å². The summed E-state index contributed by atoms with van der Waals surface area (Å²) < 4.78 is 0. The van der Waals surface area contributed by atoms with Crippen LogP contribution in [-0.4, -0.2) is 24.5 Å². The van der Waals surface area contributed by atoms with Crippen LogP contribution in [0.3, 0.4) is 0 Å². The van der Waals surface area contributed by atoms with Gasteiger partial charge in [-0.25, -0.2) is 0 Å². The molecule has 1 saturated heterocycles. The summed E-state index contributed by atoms with van der Waals surface area (Å²) in [6.45, 7) is 12.2. The van der Waals surface area contributed by atoms with Crippen LogP contribution in [0.1, 0.15) is 26.7 Å². The van der Waals surface area contributed by atoms with Crippen LogP contribution in [0.5, 0.6) is 0 Å². The van der Waals surface area contributed by atoms with Crippen LogP contribution in [-0.2, 0) is 0 Å². The number of rotatable bonds is 3. The molecule has 0 bridgehead atoms. The predicted molar refractivity (Wildman–Crippen MR) is 49.7 cm³/mol. The molecule has 0 saturated carbocycles. The van der Waals surface area contributed by atoms with Crippen molar-refractivity contribution in [3.8, 4) is 0 Å². The quantitative estimate of drug-likeness (QED) is 0.562. The first-order valence-electron chi connectivity index (χ1n) is 4.55. The van der Waals surface area contributed by atoms with Crippen molar-refractivity contribution in [1.82, 2.24) is 4.90 Å². The van der Waals surface area contributed by atoms with Crippen LogP contribution in [0.2, 0.25) is 0 Å². The average molecular weight is 153 g/mol. The van der Waals surface area contributed by atoms with E-state index in [0.29, 0.717) is 0 Å². The van der Waals surface area contributed by atoms with E-state index in [9.17, 15) is 0 Å². The van der Waals surface area contributed by atoms with Crippen LogP contribution >= 0.6 is 0 Å². The minimum Gasteiger partial charge on any atom is -0.303 e. The molecule has 1 atom stereocenters. The van der Waals surface area contributed by atoms with Gasteiger partial charge in [0, 0.05) is 13.1 Å². The predicted octanol–water partition coefficient (Wildman–Crippen LogP) is 2.29. The van der Waals surface area contributed by atoms with Gasteiger partial charge in [-0.3, -0.25) is 0 Å². The second kappa shape index (κ2) is 3.91. The maximum Gasteiger partial charge on any atom is 0.00185 e. The Morgan fingerprint density at radius 3 is 2.82 bits per heavy atom. The van der Waals surface area contributed by atoms with Crippen molar-refractivity contribution in [1.29, 1.82) is 0 Å². The summed E-state index contributed by atoms with van der Waals surface area (Å²) in [7, 11) is 0. The lowest BCUT2D eigenvalue weighted by molar-refractivity contribution is 0.332. The minimum atomic E-state index is 0.917. The first kappa shape index (κ1) is 8.79. The van der Waals surface area contributed by atoms with E-state index in [4.69, 9.17) is 0 Å². The van der Waals surface area contributed by atoms with E-state index in [0.717, 1.165) is 5.92 Å². The molecular weight excluding hydrogens is 134 g/mol. The molecule has 64 valence electrons. The summed E-state index contributed by atoms with van der Waals surface area (Å²) in [4.78, 5) is 2.54. The minimum absolute atomic E-state index is 0.917. The summed E-state index contributed by atoms with van der Waals surface area (Å²) in [5, 5.41) is 0. The van der Waals surface area contributed by atoms with Gasteiger partial charge in [0.1, 0.15) is 0 Å². The molecule has 1 nitrogen and oxygen atoms in total. The second-order valence-corrected chi connectivity index (χ2v) is 3.90. The van der Waals surface area contributed by atoms with Gasteiger partial charge in [0.2, 0.25) is 0 Å². The van der Waals surface area contributed by atoms with Crippen molar-refractivity contribution in [2.24, 2.45) is 5.92 Å². The highest BCUT2D eigenvalue weighted by Gasteiger charge is 2.17. The first-order chi connectivity index (χ1) is 5.18. The smallest absolute Gasteiger partial charge is 0.00185 e. The Balaban J connectivity index is 2.13. The Bertz CT molecular complexity index is 140. The molecule has 1 rings (SSSR count). The molecule has 0 unspecified atom stereocenters. The molecule has 1 fully saturated rings. The zero-order valence-electron chi connectivity index (χ0n) is 7.77. The molecule has 0 aromatic heterocycles. The van der Waals surface area contributed by atoms with Gasteiger partial charge in [0.15, 0.2) is 0 Å². The van der Waals surface area contributed by atoms with Gasteiger partial charge in [-0.1, -0.05) is 12.5 Å². The fourth-order valence-corrected chi connectivity index (χ4v) is 1.58. The summed E-state index contributed by atoms with van der Waals surface area (Å²) >= 11 is 0. The Morgan fingerprint density at radius 2 is 2.36 bits per heavy atom. The first-order valence-corrected chi connectivity index (χ1v) is 4.55. The molecule has 0 aromatic rings. The van der Waals surface area contributed by atoms with Crippen molar-refractivity contribution < 1.29 is 0 Å². The van der Waals surface area contributed by atoms with Gasteiger partial charge in [0.05, 0.1) is 0 Å². The van der Waals surface area contributed by atoms with Gasteiger partial charge in [-0.15, -0.1) is 6.58 Å². The zero-order chi connectivity index (χ0) is 8.27. The van der Waals surface area contributed by atoms with Crippen LogP contribution in [0.25, 0.3) is 0 Å². The number of nitrogens with zero attached hydrogens (tertiary/aromatic N) is 1. The largest absolute Gasteiger partial charge is 0.303 e. The maximum atomic E-state index is 3.91. The van der Waals surface area contributed by atoms with Crippen molar-refractivity contribution in [2.45, 2.75) is 26.7 Å². The third-order valence-corrected chi connectivity index (χ3v) is 2.36. The summed E-state index contributed by atoms with van der Waals surface area (Å²) in [6.07, 6.45) is 2.56. The molecule has 1 aliphatic heterocycles. The van der Waals surface area contributed by atoms with Crippen LogP contribution in [0, 0.1) is 5.92 Å². The Morgan fingerprint density at radius 1 is 1.64 bits per heavy atom. The standard InChI is InChI=1S/C10H19N/c1-9(2)4-6-11-7-5-10(3)8-11/h10H,1,4-8H2,2-3H3/t10-/m0/s1. The summed E-state index contributed by atoms with van der Waals surface area (Å²) in [6, 6.07) is 0. The monoisotopic (exact) mass is 153 g/mol. The molecule has 1 aliphatic rings. The Kier molecular flexibility index (Phi) is 3.13. The topological polar surface area (TPSA) is 3.24 Å². The van der Waals surface area contributed by atoms with Crippen LogP contribution < -0.4 is 0 Å². The molecule has 0 aliphatic carbocycles. The van der Waals surface area contributed by atoms with E-state index in [1.54, 1.807) is 0 Å². The van der Waals surface area contributed by atoms with Crippen molar-refractivity contribution in [2.75, 3.05) is 19.6 Å². The molecule has 0 spiro atoms. The highest BCUT2D eigenvalue weighted by Crippen LogP contribution is 2.15. The van der Waals surface area contributed by atoms with Crippen molar-refractivity contribution in [3.63, 3.8) is 0 Å². The molecular formula is C10H19N. The fraction of sp³-hybridized carbons (Fsp3) is 0.800. The molecule has 0 aromatic carbocycles. The van der Waals surface area contributed by atoms with E-state index in [1.165, 1.54) is 38.0 Å². The maximum absolute atomic E-state index is 3.91. The SMILES string of the molecule is C=C(C)CCN1CC[C@H](C)C1. The van der Waals surface area contributed by atoms with E-state index >= 15 is 0 Å². The van der Waals surface area contributed by atoms with Crippen LogP contribution in [0.4, 0.5) is 0 Å². The molecule has 1 heterocycles. The van der Waals surface area contributed by atoms with Gasteiger partial charge in [-0.05, 0) is 32.2 Å². The molecule has 11 heavy (non-hydrogen) atoms. The molecule has 0 amide bonds. The molecule has 0 N–H and O–H groups in total. The lowest BCUT2D eigenvalue weighted by Gasteiger charge is -2.14. The Hall–Kier alpha value is -0.300. The third kappa shape index (κ3) is 3.06. The molecule has 1 heteroatoms. The van der Waals surface area contributed by atoms with Gasteiger partial charge in [-0.2, -0.15) is 0 Å². The number of hydrogen-bond acceptors (Lipinski definition) is 1. The molecule has 0 radical (unpaired) electrons. The van der Waals surface area contributed by atoms with Crippen molar-refractivity contribution in [3.05, 3.63) is 12.2 Å². The van der Waals surface area contributed by atoms with Crippen LogP contribution in [0.15, 0.2) is 12.2 Å². The zero-order valence-corrected chi connectivity index (χ0v) is 7.77. The number of likely N-dealkylation sites (tertiary alicyclic amines) is 1. The highest BCUT2D eigenvalue weighted by molar-refractivity contribution is 4.89. The lowest BCUT2D eigenvalue weighted by Crippen LogP contribution is -2.21. The van der Waals surface area contributed by atoms with E-state index < -0.39 is 0 Å². The highest BCUT2D eigenvalue weighted by atomic mass is 15.1. The summed E-state index contributed by atoms with van der Waals surface area (Å²) in [5.41, 5.74) is 1.31. The normalized spacial score (nSPS) is 25.8. The lowest BCUT2D eigenvalue weighted by atomic mass is 10.2. The van der Waals surface area contributed by atoms with E-state index in [-0.39, 0.29) is 0 Å². The van der Waals surface area contributed by atoms with Gasteiger partial charge >= 0.3 is 0 Å². The van der Waals surface area contributed by atoms with Gasteiger partial charge in [0.25, 0.3) is 0 Å². The Labute approximate surface area is 70.1 Å². The average Bonchev–Trinajstić information content (AvgIpc) is 2.31. The number of hydrogen-bond donors (Lipinski definition) is 0. The fourth-order valence-electron chi connectivity index (χ4n) is 1.58. The second-order valence-electron chi connectivity index (χ2n) is 3.90.